The number of benzene rings is 5. The number of hydrogen-bond acceptors (Lipinski definition) is 8. The van der Waals surface area contributed by atoms with E-state index in [2.05, 4.69) is 31.4 Å². The molecule has 6 aromatic rings. The van der Waals surface area contributed by atoms with Crippen LogP contribution in [0, 0.1) is 6.92 Å². The van der Waals surface area contributed by atoms with E-state index in [1.165, 1.54) is 12.1 Å². The van der Waals surface area contributed by atoms with E-state index < -0.39 is 31.2 Å². The molecule has 0 radical (unpaired) electrons. The van der Waals surface area contributed by atoms with Gasteiger partial charge in [0, 0.05) is 77.0 Å². The highest BCUT2D eigenvalue weighted by molar-refractivity contribution is 8.00. The number of nitrogens with zero attached hydrogens (tertiary/aromatic N) is 3. The Morgan fingerprint density at radius 2 is 1.45 bits per heavy atom. The molecule has 7 rings (SSSR count). The van der Waals surface area contributed by atoms with Gasteiger partial charge in [0.1, 0.15) is 15.9 Å². The van der Waals surface area contributed by atoms with Gasteiger partial charge in [-0.15, -0.1) is 0 Å². The lowest BCUT2D eigenvalue weighted by Crippen LogP contribution is -2.46. The third-order valence-corrected chi connectivity index (χ3v) is 13.7. The average molecular weight is 864 g/mol. The van der Waals surface area contributed by atoms with Gasteiger partial charge in [0.15, 0.2) is 6.29 Å². The van der Waals surface area contributed by atoms with Gasteiger partial charge in [0.05, 0.1) is 16.3 Å². The lowest BCUT2D eigenvalue weighted by atomic mass is 9.97. The van der Waals surface area contributed by atoms with E-state index in [9.17, 15) is 30.6 Å². The fourth-order valence-electron chi connectivity index (χ4n) is 6.85. The van der Waals surface area contributed by atoms with Crippen molar-refractivity contribution in [2.75, 3.05) is 45.4 Å². The Labute approximate surface area is 346 Å². The molecule has 1 fully saturated rings. The number of halogens is 4. The molecular weight excluding hydrogens is 827 g/mol. The summed E-state index contributed by atoms with van der Waals surface area (Å²) >= 11 is 7.13. The van der Waals surface area contributed by atoms with Crippen molar-refractivity contribution in [3.8, 4) is 22.4 Å². The fraction of sp³-hybridized carbons (Fsp3) is 0.167. The van der Waals surface area contributed by atoms with E-state index in [4.69, 9.17) is 11.6 Å². The number of sulfone groups is 1. The average Bonchev–Trinajstić information content (AvgIpc) is 3.49. The Morgan fingerprint density at radius 1 is 0.793 bits per heavy atom. The lowest BCUT2D eigenvalue weighted by Gasteiger charge is -2.37. The highest BCUT2D eigenvalue weighted by atomic mass is 35.5. The molecule has 2 heterocycles. The van der Waals surface area contributed by atoms with Crippen LogP contribution in [-0.2, 0) is 27.9 Å². The van der Waals surface area contributed by atoms with Crippen LogP contribution in [-0.4, -0.2) is 55.2 Å². The molecule has 0 aliphatic carbocycles. The number of rotatable bonds is 12. The van der Waals surface area contributed by atoms with Gasteiger partial charge in [0.2, 0.25) is 0 Å². The van der Waals surface area contributed by atoms with Crippen LogP contribution >= 0.6 is 23.5 Å². The zero-order valence-corrected chi connectivity index (χ0v) is 34.4. The van der Waals surface area contributed by atoms with Crippen molar-refractivity contribution < 1.29 is 30.6 Å². The number of carbonyl (C=O) groups excluding carboxylic acids is 1. The first kappa shape index (κ1) is 41.0. The van der Waals surface area contributed by atoms with Crippen LogP contribution in [0.3, 0.4) is 0 Å². The van der Waals surface area contributed by atoms with Crippen LogP contribution in [0.15, 0.2) is 136 Å². The summed E-state index contributed by atoms with van der Waals surface area (Å²) in [5, 5.41) is 0.631. The van der Waals surface area contributed by atoms with E-state index in [0.717, 1.165) is 76.8 Å². The molecule has 0 spiro atoms. The van der Waals surface area contributed by atoms with Crippen molar-refractivity contribution >= 4 is 73.4 Å². The number of alkyl halides is 3. The third kappa shape index (κ3) is 8.48. The van der Waals surface area contributed by atoms with E-state index in [1.54, 1.807) is 42.5 Å². The predicted molar refractivity (Wildman–Crippen MR) is 228 cm³/mol. The predicted octanol–water partition coefficient (Wildman–Crippen LogP) is 10.0. The highest BCUT2D eigenvalue weighted by Gasteiger charge is 2.48. The standard InChI is InChI=1S/C42H37ClF3N5O4S3/c1-28-37(27-52)40(41(49(28)2)29-11-13-31(43)14-12-29)30-7-6-8-34(25-30)51-23-21-50(22-24-51)33-17-15-32(16-18-33)48-57(53)36-19-20-38(47-56-35-9-4-3-5-10-35)39(26-36)58(54,55)42(44,45)46/h3-20,25-27,47-48H,21-24H2,1-2H3. The topological polar surface area (TPSA) is 104 Å². The number of hydrogen-bond donors (Lipinski definition) is 2. The number of anilines is 4. The van der Waals surface area contributed by atoms with Crippen molar-refractivity contribution in [1.82, 2.24) is 4.57 Å². The molecular formula is C42H37ClF3N5O4S3. The summed E-state index contributed by atoms with van der Waals surface area (Å²) in [7, 11) is -5.91. The van der Waals surface area contributed by atoms with Crippen molar-refractivity contribution in [2.24, 2.45) is 7.05 Å². The van der Waals surface area contributed by atoms with Crippen LogP contribution < -0.4 is 19.2 Å². The van der Waals surface area contributed by atoms with E-state index in [1.807, 2.05) is 67.1 Å². The normalized spacial score (nSPS) is 14.0. The van der Waals surface area contributed by atoms with Crippen LogP contribution in [0.25, 0.3) is 22.4 Å². The van der Waals surface area contributed by atoms with Gasteiger partial charge < -0.3 is 23.8 Å². The van der Waals surface area contributed by atoms with Crippen LogP contribution in [0.5, 0.6) is 0 Å². The Hall–Kier alpha value is -5.22. The minimum atomic E-state index is -5.78. The van der Waals surface area contributed by atoms with Crippen LogP contribution in [0.1, 0.15) is 16.1 Å². The highest BCUT2D eigenvalue weighted by Crippen LogP contribution is 2.40. The fourth-order valence-corrected chi connectivity index (χ4v) is 9.63. The first-order valence-corrected chi connectivity index (χ1v) is 21.8. The third-order valence-electron chi connectivity index (χ3n) is 9.98. The summed E-state index contributed by atoms with van der Waals surface area (Å²) in [6, 6.07) is 34.9. The number of aldehydes is 1. The Morgan fingerprint density at radius 3 is 2.09 bits per heavy atom. The molecule has 0 bridgehead atoms. The van der Waals surface area contributed by atoms with Crippen LogP contribution in [0.2, 0.25) is 5.02 Å². The molecule has 9 nitrogen and oxygen atoms in total. The van der Waals surface area contributed by atoms with E-state index in [0.29, 0.717) is 34.3 Å². The molecule has 1 saturated heterocycles. The van der Waals surface area contributed by atoms with E-state index >= 15 is 0 Å². The Balaban J connectivity index is 1.03. The van der Waals surface area contributed by atoms with Crippen molar-refractivity contribution in [3.05, 3.63) is 138 Å². The van der Waals surface area contributed by atoms with Crippen molar-refractivity contribution in [3.63, 3.8) is 0 Å². The van der Waals surface area contributed by atoms with Crippen molar-refractivity contribution in [1.29, 1.82) is 0 Å². The Kier molecular flexibility index (Phi) is 12.0. The second-order valence-corrected chi connectivity index (χ2v) is 17.9. The molecule has 1 aliphatic rings. The van der Waals surface area contributed by atoms with Gasteiger partial charge in [-0.1, -0.05) is 54.1 Å². The maximum absolute atomic E-state index is 13.7. The quantitative estimate of drug-likeness (QED) is 0.0927. The maximum atomic E-state index is 13.7. The summed E-state index contributed by atoms with van der Waals surface area (Å²) in [4.78, 5) is 16.4. The van der Waals surface area contributed by atoms with Crippen molar-refractivity contribution in [2.45, 2.75) is 27.1 Å². The summed E-state index contributed by atoms with van der Waals surface area (Å²) in [5.41, 5.74) is 1.74. The molecule has 16 heteroatoms. The minimum absolute atomic E-state index is 0.145. The second kappa shape index (κ2) is 16.9. The summed E-state index contributed by atoms with van der Waals surface area (Å²) in [6.07, 6.45) is 0.914. The Bertz CT molecular complexity index is 2580. The number of nitrogens with one attached hydrogen (secondary N) is 2. The van der Waals surface area contributed by atoms with Gasteiger partial charge in [-0.2, -0.15) is 13.2 Å². The first-order chi connectivity index (χ1) is 27.7. The maximum Gasteiger partial charge on any atom is 0.501 e. The summed E-state index contributed by atoms with van der Waals surface area (Å²) in [5.74, 6) is 0. The molecule has 1 atom stereocenters. The molecule has 58 heavy (non-hydrogen) atoms. The molecule has 0 saturated carbocycles. The zero-order chi connectivity index (χ0) is 41.2. The van der Waals surface area contributed by atoms with Gasteiger partial charge in [0.25, 0.3) is 9.84 Å². The molecule has 0 amide bonds. The minimum Gasteiger partial charge on any atom is -0.368 e. The summed E-state index contributed by atoms with van der Waals surface area (Å²) < 4.78 is 87.1. The molecule has 1 aromatic heterocycles. The lowest BCUT2D eigenvalue weighted by molar-refractivity contribution is -0.0435. The smallest absolute Gasteiger partial charge is 0.368 e. The molecule has 1 aliphatic heterocycles. The van der Waals surface area contributed by atoms with Gasteiger partial charge in [-0.3, -0.25) is 4.79 Å². The largest absolute Gasteiger partial charge is 0.501 e. The number of carbonyl (C=O) groups is 1. The molecule has 5 aromatic carbocycles. The van der Waals surface area contributed by atoms with Crippen LogP contribution in [0.4, 0.5) is 35.9 Å². The van der Waals surface area contributed by atoms with Gasteiger partial charge in [-0.05, 0) is 109 Å². The first-order valence-electron chi connectivity index (χ1n) is 18.0. The molecule has 2 N–H and O–H groups in total. The zero-order valence-electron chi connectivity index (χ0n) is 31.2. The number of aromatic nitrogens is 1. The SMILES string of the molecule is Cc1c(C=O)c(-c2cccc(N3CCN(c4ccc(NS(=O)c5ccc(NSc6ccccc6)c(S(=O)(=O)C(F)(F)F)c5)cc4)CC3)c2)c(-c2ccc(Cl)cc2)n1C. The summed E-state index contributed by atoms with van der Waals surface area (Å²) in [6.45, 7) is 4.81. The van der Waals surface area contributed by atoms with E-state index in [-0.39, 0.29) is 10.6 Å². The number of piperazine rings is 1. The second-order valence-electron chi connectivity index (χ2n) is 13.5. The van der Waals surface area contributed by atoms with Gasteiger partial charge in [-0.25, -0.2) is 12.6 Å². The monoisotopic (exact) mass is 863 g/mol. The molecule has 300 valence electrons. The van der Waals surface area contributed by atoms with Gasteiger partial charge >= 0.3 is 5.51 Å². The molecule has 1 unspecified atom stereocenters.